The molecule has 0 fully saturated rings. The molecular formula is C11H10F2N2. The standard InChI is InChI=1S/C11H10F2N2/c1-2-7(6-14)11(15)8-3-9(12)5-10(13)4-8/h3-5H,2,15H2,1H3/b11-7-. The first-order valence-electron chi connectivity index (χ1n) is 4.43. The summed E-state index contributed by atoms with van der Waals surface area (Å²) in [5.41, 5.74) is 6.26. The molecule has 0 amide bonds. The maximum absolute atomic E-state index is 12.9. The monoisotopic (exact) mass is 208 g/mol. The Labute approximate surface area is 86.6 Å². The van der Waals surface area contributed by atoms with Crippen LogP contribution in [-0.4, -0.2) is 0 Å². The summed E-state index contributed by atoms with van der Waals surface area (Å²) >= 11 is 0. The number of benzene rings is 1. The van der Waals surface area contributed by atoms with E-state index in [9.17, 15) is 8.78 Å². The molecule has 1 aromatic rings. The van der Waals surface area contributed by atoms with E-state index in [-0.39, 0.29) is 11.3 Å². The van der Waals surface area contributed by atoms with E-state index in [1.165, 1.54) is 0 Å². The summed E-state index contributed by atoms with van der Waals surface area (Å²) in [5, 5.41) is 8.72. The maximum Gasteiger partial charge on any atom is 0.126 e. The van der Waals surface area contributed by atoms with Crippen molar-refractivity contribution < 1.29 is 8.78 Å². The second-order valence-corrected chi connectivity index (χ2v) is 3.02. The minimum atomic E-state index is -0.707. The van der Waals surface area contributed by atoms with Gasteiger partial charge in [-0.05, 0) is 18.6 Å². The average Bonchev–Trinajstić information content (AvgIpc) is 2.18. The first-order chi connectivity index (χ1) is 7.08. The van der Waals surface area contributed by atoms with Crippen LogP contribution in [0.15, 0.2) is 23.8 Å². The molecule has 1 aromatic carbocycles. The zero-order chi connectivity index (χ0) is 11.4. The fourth-order valence-corrected chi connectivity index (χ4v) is 1.21. The summed E-state index contributed by atoms with van der Waals surface area (Å²) in [4.78, 5) is 0. The van der Waals surface area contributed by atoms with Crippen molar-refractivity contribution in [2.75, 3.05) is 0 Å². The lowest BCUT2D eigenvalue weighted by Crippen LogP contribution is -2.01. The third-order valence-electron chi connectivity index (χ3n) is 1.99. The van der Waals surface area contributed by atoms with Crippen LogP contribution in [0.1, 0.15) is 18.9 Å². The van der Waals surface area contributed by atoms with Crippen LogP contribution in [0.25, 0.3) is 5.70 Å². The summed E-state index contributed by atoms with van der Waals surface area (Å²) < 4.78 is 25.7. The van der Waals surface area contributed by atoms with Crippen molar-refractivity contribution in [2.24, 2.45) is 5.73 Å². The predicted molar refractivity (Wildman–Crippen MR) is 53.4 cm³/mol. The van der Waals surface area contributed by atoms with Gasteiger partial charge < -0.3 is 5.73 Å². The van der Waals surface area contributed by atoms with E-state index in [0.717, 1.165) is 18.2 Å². The van der Waals surface area contributed by atoms with Crippen LogP contribution in [0.4, 0.5) is 8.78 Å². The molecule has 0 atom stereocenters. The zero-order valence-electron chi connectivity index (χ0n) is 8.22. The molecule has 78 valence electrons. The van der Waals surface area contributed by atoms with E-state index in [2.05, 4.69) is 0 Å². The van der Waals surface area contributed by atoms with Crippen LogP contribution in [0.5, 0.6) is 0 Å². The summed E-state index contributed by atoms with van der Waals surface area (Å²) in [7, 11) is 0. The summed E-state index contributed by atoms with van der Waals surface area (Å²) in [6, 6.07) is 4.86. The van der Waals surface area contributed by atoms with Crippen molar-refractivity contribution in [3.8, 4) is 6.07 Å². The Hall–Kier alpha value is -1.89. The lowest BCUT2D eigenvalue weighted by atomic mass is 10.1. The van der Waals surface area contributed by atoms with Crippen molar-refractivity contribution in [2.45, 2.75) is 13.3 Å². The molecule has 0 saturated heterocycles. The normalized spacial score (nSPS) is 11.9. The van der Waals surface area contributed by atoms with Crippen LogP contribution in [0.2, 0.25) is 0 Å². The summed E-state index contributed by atoms with van der Waals surface area (Å²) in [6.07, 6.45) is 0.431. The van der Waals surface area contributed by atoms with Gasteiger partial charge in [0.2, 0.25) is 0 Å². The van der Waals surface area contributed by atoms with Gasteiger partial charge in [0.25, 0.3) is 0 Å². The maximum atomic E-state index is 12.9. The number of hydrogen-bond donors (Lipinski definition) is 1. The van der Waals surface area contributed by atoms with Crippen molar-refractivity contribution in [1.29, 1.82) is 5.26 Å². The lowest BCUT2D eigenvalue weighted by molar-refractivity contribution is 0.582. The average molecular weight is 208 g/mol. The van der Waals surface area contributed by atoms with Gasteiger partial charge in [-0.25, -0.2) is 8.78 Å². The zero-order valence-corrected chi connectivity index (χ0v) is 8.22. The molecule has 0 bridgehead atoms. The number of rotatable bonds is 2. The molecule has 0 radical (unpaired) electrons. The van der Waals surface area contributed by atoms with E-state index >= 15 is 0 Å². The fourth-order valence-electron chi connectivity index (χ4n) is 1.21. The SMILES string of the molecule is CC/C(C#N)=C(/N)c1cc(F)cc(F)c1. The Morgan fingerprint density at radius 2 is 1.87 bits per heavy atom. The third-order valence-corrected chi connectivity index (χ3v) is 1.99. The van der Waals surface area contributed by atoms with Crippen LogP contribution in [-0.2, 0) is 0 Å². The molecule has 2 nitrogen and oxygen atoms in total. The molecule has 0 aliphatic carbocycles. The van der Waals surface area contributed by atoms with E-state index in [4.69, 9.17) is 11.0 Å². The van der Waals surface area contributed by atoms with E-state index in [1.54, 1.807) is 6.92 Å². The van der Waals surface area contributed by atoms with Gasteiger partial charge >= 0.3 is 0 Å². The smallest absolute Gasteiger partial charge is 0.126 e. The van der Waals surface area contributed by atoms with Gasteiger partial charge in [0.05, 0.1) is 17.3 Å². The molecule has 1 rings (SSSR count). The number of nitrogens with two attached hydrogens (primary N) is 1. The van der Waals surface area contributed by atoms with Crippen LogP contribution in [0.3, 0.4) is 0 Å². The first-order valence-corrected chi connectivity index (χ1v) is 4.43. The second kappa shape index (κ2) is 4.56. The Morgan fingerprint density at radius 1 is 1.33 bits per heavy atom. The Morgan fingerprint density at radius 3 is 2.27 bits per heavy atom. The summed E-state index contributed by atoms with van der Waals surface area (Å²) in [6.45, 7) is 1.75. The first kappa shape index (κ1) is 11.2. The largest absolute Gasteiger partial charge is 0.397 e. The number of hydrogen-bond acceptors (Lipinski definition) is 2. The molecule has 0 saturated carbocycles. The molecule has 0 aliphatic rings. The van der Waals surface area contributed by atoms with E-state index in [1.807, 2.05) is 6.07 Å². The number of halogens is 2. The highest BCUT2D eigenvalue weighted by atomic mass is 19.1. The van der Waals surface area contributed by atoms with E-state index < -0.39 is 11.6 Å². The van der Waals surface area contributed by atoms with Crippen molar-refractivity contribution in [3.63, 3.8) is 0 Å². The number of allylic oxidation sites excluding steroid dienone is 1. The van der Waals surface area contributed by atoms with Crippen LogP contribution in [0, 0.1) is 23.0 Å². The van der Waals surface area contributed by atoms with Gasteiger partial charge in [0.1, 0.15) is 11.6 Å². The Balaban J connectivity index is 3.28. The highest BCUT2D eigenvalue weighted by Gasteiger charge is 2.07. The third kappa shape index (κ3) is 2.53. The highest BCUT2D eigenvalue weighted by Crippen LogP contribution is 2.17. The molecule has 0 unspecified atom stereocenters. The van der Waals surface area contributed by atoms with Gasteiger partial charge in [-0.2, -0.15) is 5.26 Å². The second-order valence-electron chi connectivity index (χ2n) is 3.02. The minimum Gasteiger partial charge on any atom is -0.397 e. The number of nitrogens with zero attached hydrogens (tertiary/aromatic N) is 1. The molecule has 0 aromatic heterocycles. The van der Waals surface area contributed by atoms with Gasteiger partial charge in [-0.1, -0.05) is 6.92 Å². The summed E-state index contributed by atoms with van der Waals surface area (Å²) in [5.74, 6) is -1.41. The van der Waals surface area contributed by atoms with Gasteiger partial charge in [-0.15, -0.1) is 0 Å². The molecule has 2 N–H and O–H groups in total. The van der Waals surface area contributed by atoms with Gasteiger partial charge in [0.15, 0.2) is 0 Å². The molecule has 15 heavy (non-hydrogen) atoms. The Bertz CT molecular complexity index is 424. The molecule has 0 aliphatic heterocycles. The van der Waals surface area contributed by atoms with Gasteiger partial charge in [0, 0.05) is 11.6 Å². The van der Waals surface area contributed by atoms with E-state index in [0.29, 0.717) is 12.0 Å². The Kier molecular flexibility index (Phi) is 3.40. The quantitative estimate of drug-likeness (QED) is 0.759. The number of nitriles is 1. The fraction of sp³-hybridized carbons (Fsp3) is 0.182. The predicted octanol–water partition coefficient (Wildman–Crippen LogP) is 2.57. The molecule has 4 heteroatoms. The van der Waals surface area contributed by atoms with Crippen molar-refractivity contribution >= 4 is 5.70 Å². The van der Waals surface area contributed by atoms with Crippen LogP contribution >= 0.6 is 0 Å². The molecule has 0 heterocycles. The van der Waals surface area contributed by atoms with Crippen molar-refractivity contribution in [3.05, 3.63) is 41.0 Å². The minimum absolute atomic E-state index is 0.124. The van der Waals surface area contributed by atoms with Crippen molar-refractivity contribution in [1.82, 2.24) is 0 Å². The van der Waals surface area contributed by atoms with Gasteiger partial charge in [-0.3, -0.25) is 0 Å². The highest BCUT2D eigenvalue weighted by molar-refractivity contribution is 5.68. The van der Waals surface area contributed by atoms with Crippen LogP contribution < -0.4 is 5.73 Å². The molecular weight excluding hydrogens is 198 g/mol. The molecule has 0 spiro atoms. The topological polar surface area (TPSA) is 49.8 Å². The lowest BCUT2D eigenvalue weighted by Gasteiger charge is -2.04.